The summed E-state index contributed by atoms with van der Waals surface area (Å²) in [4.78, 5) is 23.3. The molecule has 0 radical (unpaired) electrons. The van der Waals surface area contributed by atoms with Crippen LogP contribution in [0.4, 0.5) is 0 Å². The number of carbonyl (C=O) groups is 1. The van der Waals surface area contributed by atoms with Gasteiger partial charge in [-0.2, -0.15) is 5.10 Å². The summed E-state index contributed by atoms with van der Waals surface area (Å²) in [6.45, 7) is 4.12. The molecule has 28 heavy (non-hydrogen) atoms. The van der Waals surface area contributed by atoms with Gasteiger partial charge in [-0.05, 0) is 44.0 Å². The van der Waals surface area contributed by atoms with Crippen molar-refractivity contribution >= 4 is 17.2 Å². The molecule has 3 aromatic rings. The van der Waals surface area contributed by atoms with Gasteiger partial charge >= 0.3 is 0 Å². The quantitative estimate of drug-likeness (QED) is 0.639. The standard InChI is InChI=1S/C20H23N5O2S/c1-2-27-18-5-3-15(4-6-18)20-23-16(12-28-20)11-19(26)24-9-7-17(8-10-24)25-14-21-13-22-25/h3-6,12-14,17H,2,7-11H2,1H3. The van der Waals surface area contributed by atoms with Gasteiger partial charge in [0.15, 0.2) is 0 Å². The summed E-state index contributed by atoms with van der Waals surface area (Å²) in [7, 11) is 0. The lowest BCUT2D eigenvalue weighted by Gasteiger charge is -2.31. The van der Waals surface area contributed by atoms with Crippen molar-refractivity contribution in [3.63, 3.8) is 0 Å². The Morgan fingerprint density at radius 3 is 2.71 bits per heavy atom. The topological polar surface area (TPSA) is 73.1 Å². The minimum Gasteiger partial charge on any atom is -0.494 e. The highest BCUT2D eigenvalue weighted by molar-refractivity contribution is 7.13. The number of rotatable bonds is 6. The van der Waals surface area contributed by atoms with Crippen molar-refractivity contribution in [3.05, 3.63) is 48.0 Å². The summed E-state index contributed by atoms with van der Waals surface area (Å²) >= 11 is 1.57. The molecule has 0 unspecified atom stereocenters. The predicted molar refractivity (Wildman–Crippen MR) is 107 cm³/mol. The van der Waals surface area contributed by atoms with Crippen LogP contribution in [-0.4, -0.2) is 50.3 Å². The number of piperidine rings is 1. The van der Waals surface area contributed by atoms with Crippen molar-refractivity contribution in [2.45, 2.75) is 32.2 Å². The summed E-state index contributed by atoms with van der Waals surface area (Å²) in [5.41, 5.74) is 1.87. The molecule has 0 atom stereocenters. The normalized spacial score (nSPS) is 15.0. The number of ether oxygens (including phenoxy) is 1. The Hall–Kier alpha value is -2.74. The molecule has 8 heteroatoms. The van der Waals surface area contributed by atoms with Crippen LogP contribution in [0, 0.1) is 0 Å². The fourth-order valence-electron chi connectivity index (χ4n) is 3.43. The Bertz CT molecular complexity index is 899. The van der Waals surface area contributed by atoms with Crippen molar-refractivity contribution in [3.8, 4) is 16.3 Å². The second-order valence-electron chi connectivity index (χ2n) is 6.77. The van der Waals surface area contributed by atoms with Crippen LogP contribution in [0.25, 0.3) is 10.6 Å². The molecule has 1 fully saturated rings. The van der Waals surface area contributed by atoms with E-state index in [1.807, 2.05) is 46.2 Å². The second kappa shape index (κ2) is 8.52. The second-order valence-corrected chi connectivity index (χ2v) is 7.62. The summed E-state index contributed by atoms with van der Waals surface area (Å²) < 4.78 is 7.37. The highest BCUT2D eigenvalue weighted by Gasteiger charge is 2.24. The van der Waals surface area contributed by atoms with Crippen LogP contribution in [-0.2, 0) is 11.2 Å². The van der Waals surface area contributed by atoms with Gasteiger partial charge in [0.25, 0.3) is 0 Å². The number of likely N-dealkylation sites (tertiary alicyclic amines) is 1. The fraction of sp³-hybridized carbons (Fsp3) is 0.400. The molecular formula is C20H23N5O2S. The number of carbonyl (C=O) groups excluding carboxylic acids is 1. The van der Waals surface area contributed by atoms with E-state index in [9.17, 15) is 4.79 Å². The molecule has 0 saturated carbocycles. The minimum absolute atomic E-state index is 0.139. The number of benzene rings is 1. The number of aromatic nitrogens is 4. The zero-order valence-electron chi connectivity index (χ0n) is 15.8. The molecular weight excluding hydrogens is 374 g/mol. The van der Waals surface area contributed by atoms with Gasteiger partial charge in [-0.25, -0.2) is 14.6 Å². The molecule has 1 aliphatic heterocycles. The maximum absolute atomic E-state index is 12.7. The van der Waals surface area contributed by atoms with E-state index in [4.69, 9.17) is 4.74 Å². The van der Waals surface area contributed by atoms with Crippen molar-refractivity contribution in [1.29, 1.82) is 0 Å². The first-order valence-corrected chi connectivity index (χ1v) is 10.4. The predicted octanol–water partition coefficient (Wildman–Crippen LogP) is 3.21. The lowest BCUT2D eigenvalue weighted by molar-refractivity contribution is -0.131. The van der Waals surface area contributed by atoms with E-state index in [-0.39, 0.29) is 5.91 Å². The number of hydrogen-bond acceptors (Lipinski definition) is 6. The molecule has 3 heterocycles. The average molecular weight is 398 g/mol. The van der Waals surface area contributed by atoms with Crippen LogP contribution >= 0.6 is 11.3 Å². The number of amides is 1. The lowest BCUT2D eigenvalue weighted by Crippen LogP contribution is -2.40. The maximum Gasteiger partial charge on any atom is 0.228 e. The van der Waals surface area contributed by atoms with Crippen molar-refractivity contribution in [1.82, 2.24) is 24.6 Å². The largest absolute Gasteiger partial charge is 0.494 e. The van der Waals surface area contributed by atoms with Crippen molar-refractivity contribution in [2.24, 2.45) is 0 Å². The van der Waals surface area contributed by atoms with E-state index in [2.05, 4.69) is 15.1 Å². The molecule has 0 bridgehead atoms. The monoisotopic (exact) mass is 397 g/mol. The highest BCUT2D eigenvalue weighted by atomic mass is 32.1. The van der Waals surface area contributed by atoms with Crippen LogP contribution in [0.15, 0.2) is 42.3 Å². The summed E-state index contributed by atoms with van der Waals surface area (Å²) in [5.74, 6) is 0.994. The zero-order valence-corrected chi connectivity index (χ0v) is 16.6. The van der Waals surface area contributed by atoms with Gasteiger partial charge in [0.2, 0.25) is 5.91 Å². The minimum atomic E-state index is 0.139. The fourth-order valence-corrected chi connectivity index (χ4v) is 4.26. The molecule has 2 aromatic heterocycles. The molecule has 1 aromatic carbocycles. The zero-order chi connectivity index (χ0) is 19.3. The third-order valence-electron chi connectivity index (χ3n) is 4.92. The van der Waals surface area contributed by atoms with Gasteiger partial charge in [-0.1, -0.05) is 0 Å². The van der Waals surface area contributed by atoms with Gasteiger partial charge in [0.1, 0.15) is 23.4 Å². The Kier molecular flexibility index (Phi) is 5.66. The van der Waals surface area contributed by atoms with Crippen molar-refractivity contribution < 1.29 is 9.53 Å². The number of thiazole rings is 1. The Morgan fingerprint density at radius 1 is 1.25 bits per heavy atom. The molecule has 0 N–H and O–H groups in total. The van der Waals surface area contributed by atoms with Gasteiger partial charge in [0, 0.05) is 24.0 Å². The molecule has 146 valence electrons. The summed E-state index contributed by atoms with van der Waals surface area (Å²) in [6, 6.07) is 8.24. The smallest absolute Gasteiger partial charge is 0.228 e. The van der Waals surface area contributed by atoms with E-state index in [1.165, 1.54) is 0 Å². The molecule has 4 rings (SSSR count). The van der Waals surface area contributed by atoms with E-state index < -0.39 is 0 Å². The van der Waals surface area contributed by atoms with E-state index in [1.54, 1.807) is 24.0 Å². The van der Waals surface area contributed by atoms with Gasteiger partial charge in [-0.3, -0.25) is 4.79 Å². The first-order chi connectivity index (χ1) is 13.7. The maximum atomic E-state index is 12.7. The Balaban J connectivity index is 1.33. The summed E-state index contributed by atoms with van der Waals surface area (Å²) in [6.07, 6.45) is 5.47. The Morgan fingerprint density at radius 2 is 2.04 bits per heavy atom. The van der Waals surface area contributed by atoms with E-state index in [0.717, 1.165) is 47.9 Å². The van der Waals surface area contributed by atoms with Crippen LogP contribution in [0.5, 0.6) is 5.75 Å². The van der Waals surface area contributed by atoms with Crippen LogP contribution in [0.1, 0.15) is 31.5 Å². The van der Waals surface area contributed by atoms with Gasteiger partial charge < -0.3 is 9.64 Å². The van der Waals surface area contributed by atoms with Crippen LogP contribution < -0.4 is 4.74 Å². The number of nitrogens with zero attached hydrogens (tertiary/aromatic N) is 5. The van der Waals surface area contributed by atoms with Gasteiger partial charge in [-0.15, -0.1) is 11.3 Å². The van der Waals surface area contributed by atoms with Crippen LogP contribution in [0.3, 0.4) is 0 Å². The first kappa shape index (κ1) is 18.6. The molecule has 1 amide bonds. The molecule has 7 nitrogen and oxygen atoms in total. The third kappa shape index (κ3) is 4.22. The highest BCUT2D eigenvalue weighted by Crippen LogP contribution is 2.27. The molecule has 0 aliphatic carbocycles. The average Bonchev–Trinajstić information content (AvgIpc) is 3.41. The third-order valence-corrected chi connectivity index (χ3v) is 5.86. The number of hydrogen-bond donors (Lipinski definition) is 0. The van der Waals surface area contributed by atoms with Gasteiger partial charge in [0.05, 0.1) is 24.8 Å². The SMILES string of the molecule is CCOc1ccc(-c2nc(CC(=O)N3CCC(n4cncn4)CC3)cs2)cc1. The molecule has 1 saturated heterocycles. The van der Waals surface area contributed by atoms with Crippen LogP contribution in [0.2, 0.25) is 0 Å². The van der Waals surface area contributed by atoms with E-state index in [0.29, 0.717) is 19.1 Å². The van der Waals surface area contributed by atoms with Crippen molar-refractivity contribution in [2.75, 3.05) is 19.7 Å². The molecule has 1 aliphatic rings. The Labute approximate surface area is 168 Å². The van der Waals surface area contributed by atoms with E-state index >= 15 is 0 Å². The first-order valence-electron chi connectivity index (χ1n) is 9.52. The lowest BCUT2D eigenvalue weighted by atomic mass is 10.0. The molecule has 0 spiro atoms. The summed E-state index contributed by atoms with van der Waals surface area (Å²) in [5, 5.41) is 7.12.